The average molecular weight is 228 g/mol. The zero-order chi connectivity index (χ0) is 11.9. The fourth-order valence-electron chi connectivity index (χ4n) is 0.792. The molecule has 2 N–H and O–H groups in total. The van der Waals surface area contributed by atoms with Gasteiger partial charge in [-0.05, 0) is 13.8 Å². The highest BCUT2D eigenvalue weighted by Crippen LogP contribution is 2.11. The van der Waals surface area contributed by atoms with Crippen LogP contribution >= 0.6 is 0 Å². The molecule has 0 aromatic carbocycles. The Balaban J connectivity index is 3.64. The van der Waals surface area contributed by atoms with Crippen LogP contribution in [0, 0.1) is 0 Å². The lowest BCUT2D eigenvalue weighted by atomic mass is 10.4. The molecule has 0 saturated carbocycles. The molecule has 0 bridgehead atoms. The first kappa shape index (κ1) is 14.0. The van der Waals surface area contributed by atoms with Crippen molar-refractivity contribution in [1.29, 1.82) is 0 Å². The van der Waals surface area contributed by atoms with Crippen molar-refractivity contribution in [1.82, 2.24) is 10.6 Å². The minimum Gasteiger partial charge on any atom is -0.380 e. The predicted molar refractivity (Wildman–Crippen MR) is 48.5 cm³/mol. The molecule has 0 heterocycles. The summed E-state index contributed by atoms with van der Waals surface area (Å²) in [4.78, 5) is 10.9. The molecule has 0 saturated heterocycles. The molecule has 90 valence electrons. The van der Waals surface area contributed by atoms with Crippen LogP contribution in [-0.2, 0) is 4.74 Å². The van der Waals surface area contributed by atoms with Crippen molar-refractivity contribution < 1.29 is 22.7 Å². The van der Waals surface area contributed by atoms with Crippen molar-refractivity contribution in [2.45, 2.75) is 26.1 Å². The van der Waals surface area contributed by atoms with E-state index < -0.39 is 18.8 Å². The summed E-state index contributed by atoms with van der Waals surface area (Å²) in [6, 6.07) is -1.17. The quantitative estimate of drug-likeness (QED) is 0.744. The summed E-state index contributed by atoms with van der Waals surface area (Å²) < 4.78 is 40.0. The largest absolute Gasteiger partial charge is 0.405 e. The van der Waals surface area contributed by atoms with Gasteiger partial charge in [0, 0.05) is 6.61 Å². The molecule has 0 aliphatic rings. The van der Waals surface area contributed by atoms with Gasteiger partial charge in [0.05, 0.1) is 12.6 Å². The Labute approximate surface area is 86.2 Å². The number of halogens is 3. The number of rotatable bonds is 5. The van der Waals surface area contributed by atoms with Crippen LogP contribution in [0.2, 0.25) is 0 Å². The summed E-state index contributed by atoms with van der Waals surface area (Å²) >= 11 is 0. The van der Waals surface area contributed by atoms with E-state index in [1.165, 1.54) is 0 Å². The lowest BCUT2D eigenvalue weighted by Gasteiger charge is -2.15. The number of amides is 2. The van der Waals surface area contributed by atoms with E-state index in [4.69, 9.17) is 4.74 Å². The van der Waals surface area contributed by atoms with E-state index in [1.807, 2.05) is 0 Å². The molecule has 2 amide bonds. The van der Waals surface area contributed by atoms with Gasteiger partial charge in [0.15, 0.2) is 0 Å². The fraction of sp³-hybridized carbons (Fsp3) is 0.875. The molecular weight excluding hydrogens is 213 g/mol. The Morgan fingerprint density at radius 1 is 1.47 bits per heavy atom. The van der Waals surface area contributed by atoms with E-state index in [0.29, 0.717) is 6.61 Å². The number of carbonyl (C=O) groups is 1. The number of nitrogens with one attached hydrogen (secondary N) is 2. The SMILES string of the molecule is CCOCC(C)NC(=O)NCC(F)(F)F. The van der Waals surface area contributed by atoms with Crippen LogP contribution in [0.15, 0.2) is 0 Å². The van der Waals surface area contributed by atoms with Crippen LogP contribution in [-0.4, -0.2) is 38.0 Å². The zero-order valence-electron chi connectivity index (χ0n) is 8.65. The van der Waals surface area contributed by atoms with Crippen molar-refractivity contribution in [3.8, 4) is 0 Å². The van der Waals surface area contributed by atoms with E-state index in [1.54, 1.807) is 19.2 Å². The van der Waals surface area contributed by atoms with E-state index in [0.717, 1.165) is 0 Å². The highest BCUT2D eigenvalue weighted by molar-refractivity contribution is 5.74. The summed E-state index contributed by atoms with van der Waals surface area (Å²) in [6.45, 7) is 2.87. The third kappa shape index (κ3) is 9.33. The summed E-state index contributed by atoms with van der Waals surface area (Å²) in [7, 11) is 0. The van der Waals surface area contributed by atoms with Gasteiger partial charge in [-0.2, -0.15) is 13.2 Å². The van der Waals surface area contributed by atoms with E-state index in [9.17, 15) is 18.0 Å². The smallest absolute Gasteiger partial charge is 0.380 e. The molecule has 7 heteroatoms. The molecule has 4 nitrogen and oxygen atoms in total. The lowest BCUT2D eigenvalue weighted by Crippen LogP contribution is -2.45. The Bertz CT molecular complexity index is 197. The molecule has 0 radical (unpaired) electrons. The number of hydrogen-bond acceptors (Lipinski definition) is 2. The van der Waals surface area contributed by atoms with Gasteiger partial charge in [0.2, 0.25) is 0 Å². The molecule has 1 unspecified atom stereocenters. The molecule has 0 aliphatic heterocycles. The van der Waals surface area contributed by atoms with Gasteiger partial charge < -0.3 is 15.4 Å². The maximum atomic E-state index is 11.7. The molecule has 15 heavy (non-hydrogen) atoms. The van der Waals surface area contributed by atoms with Crippen molar-refractivity contribution >= 4 is 6.03 Å². The lowest BCUT2D eigenvalue weighted by molar-refractivity contribution is -0.122. The minimum atomic E-state index is -4.39. The van der Waals surface area contributed by atoms with Crippen molar-refractivity contribution in [2.24, 2.45) is 0 Å². The molecule has 0 aromatic heterocycles. The Morgan fingerprint density at radius 3 is 2.53 bits per heavy atom. The van der Waals surface area contributed by atoms with Crippen molar-refractivity contribution in [3.05, 3.63) is 0 Å². The van der Waals surface area contributed by atoms with Crippen molar-refractivity contribution in [2.75, 3.05) is 19.8 Å². The monoisotopic (exact) mass is 228 g/mol. The predicted octanol–water partition coefficient (Wildman–Crippen LogP) is 1.27. The maximum absolute atomic E-state index is 11.7. The van der Waals surface area contributed by atoms with E-state index >= 15 is 0 Å². The van der Waals surface area contributed by atoms with Gasteiger partial charge in [-0.15, -0.1) is 0 Å². The van der Waals surface area contributed by atoms with Gasteiger partial charge in [-0.3, -0.25) is 0 Å². The standard InChI is InChI=1S/C8H15F3N2O2/c1-3-15-4-6(2)13-7(14)12-5-8(9,10)11/h6H,3-5H2,1-2H3,(H2,12,13,14). The average Bonchev–Trinajstić information content (AvgIpc) is 2.10. The van der Waals surface area contributed by atoms with Gasteiger partial charge in [-0.25, -0.2) is 4.79 Å². The summed E-state index contributed by atoms with van der Waals surface area (Å²) in [5.41, 5.74) is 0. The van der Waals surface area contributed by atoms with Crippen LogP contribution < -0.4 is 10.6 Å². The normalized spacial score (nSPS) is 13.4. The third-order valence-electron chi connectivity index (χ3n) is 1.40. The second kappa shape index (κ2) is 6.49. The molecule has 0 rings (SSSR count). The molecule has 0 aromatic rings. The number of carbonyl (C=O) groups excluding carboxylic acids is 1. The second-order valence-electron chi connectivity index (χ2n) is 3.00. The summed E-state index contributed by atoms with van der Waals surface area (Å²) in [6.07, 6.45) is -4.39. The molecular formula is C8H15F3N2O2. The molecule has 1 atom stereocenters. The molecule has 0 aliphatic carbocycles. The van der Waals surface area contributed by atoms with E-state index in [-0.39, 0.29) is 12.6 Å². The molecule has 0 fully saturated rings. The first-order chi connectivity index (χ1) is 6.85. The highest BCUT2D eigenvalue weighted by Gasteiger charge is 2.27. The van der Waals surface area contributed by atoms with Gasteiger partial charge >= 0.3 is 12.2 Å². The maximum Gasteiger partial charge on any atom is 0.405 e. The zero-order valence-corrected chi connectivity index (χ0v) is 8.65. The van der Waals surface area contributed by atoms with Gasteiger partial charge in [0.1, 0.15) is 6.54 Å². The first-order valence-corrected chi connectivity index (χ1v) is 4.54. The third-order valence-corrected chi connectivity index (χ3v) is 1.40. The number of urea groups is 1. The van der Waals surface area contributed by atoms with Crippen LogP contribution in [0.4, 0.5) is 18.0 Å². The van der Waals surface area contributed by atoms with Crippen LogP contribution in [0.25, 0.3) is 0 Å². The number of alkyl halides is 3. The summed E-state index contributed by atoms with van der Waals surface area (Å²) in [5.74, 6) is 0. The van der Waals surface area contributed by atoms with Crippen LogP contribution in [0.5, 0.6) is 0 Å². The summed E-state index contributed by atoms with van der Waals surface area (Å²) in [5, 5.41) is 4.01. The Kier molecular flexibility index (Phi) is 6.07. The van der Waals surface area contributed by atoms with Crippen LogP contribution in [0.1, 0.15) is 13.8 Å². The number of ether oxygens (including phenoxy) is 1. The van der Waals surface area contributed by atoms with Gasteiger partial charge in [0.25, 0.3) is 0 Å². The van der Waals surface area contributed by atoms with Crippen molar-refractivity contribution in [3.63, 3.8) is 0 Å². The number of hydrogen-bond donors (Lipinski definition) is 2. The Hall–Kier alpha value is -0.980. The second-order valence-corrected chi connectivity index (χ2v) is 3.00. The first-order valence-electron chi connectivity index (χ1n) is 4.54. The van der Waals surface area contributed by atoms with E-state index in [2.05, 4.69) is 5.32 Å². The molecule has 0 spiro atoms. The van der Waals surface area contributed by atoms with Gasteiger partial charge in [-0.1, -0.05) is 0 Å². The topological polar surface area (TPSA) is 50.4 Å². The fourth-order valence-corrected chi connectivity index (χ4v) is 0.792. The Morgan fingerprint density at radius 2 is 2.07 bits per heavy atom. The minimum absolute atomic E-state index is 0.274. The highest BCUT2D eigenvalue weighted by atomic mass is 19.4. The van der Waals surface area contributed by atoms with Crippen LogP contribution in [0.3, 0.4) is 0 Å².